The lowest BCUT2D eigenvalue weighted by Crippen LogP contribution is -2.14. The Morgan fingerprint density at radius 3 is 2.62 bits per heavy atom. The van der Waals surface area contributed by atoms with Gasteiger partial charge in [-0.1, -0.05) is 23.0 Å². The van der Waals surface area contributed by atoms with Crippen molar-refractivity contribution in [3.63, 3.8) is 0 Å². The van der Waals surface area contributed by atoms with Gasteiger partial charge in [0, 0.05) is 5.39 Å². The molecule has 2 aromatic heterocycles. The summed E-state index contributed by atoms with van der Waals surface area (Å²) in [6.07, 6.45) is 0. The second-order valence-corrected chi connectivity index (χ2v) is 6.92. The number of nitrogens with one attached hydrogen (secondary N) is 1. The second kappa shape index (κ2) is 7.21. The molecule has 0 aliphatic heterocycles. The van der Waals surface area contributed by atoms with Gasteiger partial charge >= 0.3 is 5.97 Å². The monoisotopic (exact) mass is 369 g/mol. The molecular formula is C19H19N3O3S. The molecule has 3 rings (SSSR count). The molecule has 0 atom stereocenters. The maximum atomic E-state index is 12.7. The number of amides is 1. The average molecular weight is 369 g/mol. The second-order valence-electron chi connectivity index (χ2n) is 5.93. The lowest BCUT2D eigenvalue weighted by molar-refractivity contribution is 0.0531. The minimum Gasteiger partial charge on any atom is -0.462 e. The lowest BCUT2D eigenvalue weighted by Gasteiger charge is -2.07. The van der Waals surface area contributed by atoms with Crippen molar-refractivity contribution >= 4 is 39.2 Å². The number of aryl methyl sites for hydroxylation is 3. The summed E-state index contributed by atoms with van der Waals surface area (Å²) in [7, 11) is 0. The molecule has 26 heavy (non-hydrogen) atoms. The van der Waals surface area contributed by atoms with E-state index in [9.17, 15) is 9.59 Å². The van der Waals surface area contributed by atoms with Gasteiger partial charge in [0.1, 0.15) is 4.88 Å². The third kappa shape index (κ3) is 3.57. The fourth-order valence-electron chi connectivity index (χ4n) is 2.62. The van der Waals surface area contributed by atoms with E-state index in [0.29, 0.717) is 33.6 Å². The number of carbonyl (C=O) groups excluding carboxylic acids is 2. The van der Waals surface area contributed by atoms with Gasteiger partial charge in [-0.25, -0.2) is 9.78 Å². The van der Waals surface area contributed by atoms with E-state index in [4.69, 9.17) is 4.74 Å². The molecule has 1 N–H and O–H groups in total. The number of ether oxygens (including phenoxy) is 1. The van der Waals surface area contributed by atoms with Gasteiger partial charge in [0.25, 0.3) is 5.91 Å². The van der Waals surface area contributed by atoms with Crippen LogP contribution in [0.3, 0.4) is 0 Å². The number of hydrogen-bond acceptors (Lipinski definition) is 6. The molecule has 134 valence electrons. The molecule has 0 saturated carbocycles. The number of thiazole rings is 1. The maximum absolute atomic E-state index is 12.7. The standard InChI is InChI=1S/C19H19N3O3S/c1-5-25-18(24)16-12(4)21-19(26-16)22-17(23)14-9-13-8-10(2)6-7-15(13)20-11(14)3/h6-9H,5H2,1-4H3,(H,21,22,23). The summed E-state index contributed by atoms with van der Waals surface area (Å²) >= 11 is 1.10. The number of benzene rings is 1. The molecule has 0 saturated heterocycles. The van der Waals surface area contributed by atoms with E-state index in [1.807, 2.05) is 31.2 Å². The minimum absolute atomic E-state index is 0.291. The van der Waals surface area contributed by atoms with Crippen LogP contribution in [0.2, 0.25) is 0 Å². The fourth-order valence-corrected chi connectivity index (χ4v) is 3.48. The molecule has 0 radical (unpaired) electrons. The molecule has 1 aromatic carbocycles. The summed E-state index contributed by atoms with van der Waals surface area (Å²) in [6.45, 7) is 7.54. The fraction of sp³-hybridized carbons (Fsp3) is 0.263. The molecule has 2 heterocycles. The van der Waals surface area contributed by atoms with Gasteiger partial charge in [0.15, 0.2) is 5.13 Å². The van der Waals surface area contributed by atoms with E-state index in [1.165, 1.54) is 0 Å². The predicted molar refractivity (Wildman–Crippen MR) is 102 cm³/mol. The van der Waals surface area contributed by atoms with Crippen LogP contribution >= 0.6 is 11.3 Å². The molecule has 7 heteroatoms. The maximum Gasteiger partial charge on any atom is 0.350 e. The van der Waals surface area contributed by atoms with Gasteiger partial charge in [-0.15, -0.1) is 0 Å². The number of pyridine rings is 1. The molecule has 1 amide bonds. The van der Waals surface area contributed by atoms with Crippen molar-refractivity contribution in [3.05, 3.63) is 51.7 Å². The number of aromatic nitrogens is 2. The Morgan fingerprint density at radius 1 is 1.12 bits per heavy atom. The molecule has 0 spiro atoms. The van der Waals surface area contributed by atoms with Crippen LogP contribution in [0.1, 0.15) is 43.9 Å². The van der Waals surface area contributed by atoms with Gasteiger partial charge in [0.05, 0.1) is 29.1 Å². The summed E-state index contributed by atoms with van der Waals surface area (Å²) in [5.41, 5.74) is 3.60. The summed E-state index contributed by atoms with van der Waals surface area (Å²) in [6, 6.07) is 7.75. The minimum atomic E-state index is -0.429. The van der Waals surface area contributed by atoms with Crippen LogP contribution in [0.5, 0.6) is 0 Å². The first-order valence-electron chi connectivity index (χ1n) is 8.23. The third-order valence-corrected chi connectivity index (χ3v) is 4.94. The van der Waals surface area contributed by atoms with Crippen LogP contribution in [-0.2, 0) is 4.74 Å². The Balaban J connectivity index is 1.88. The average Bonchev–Trinajstić information content (AvgIpc) is 2.95. The summed E-state index contributed by atoms with van der Waals surface area (Å²) in [5, 5.41) is 4.02. The topological polar surface area (TPSA) is 81.2 Å². The highest BCUT2D eigenvalue weighted by Crippen LogP contribution is 2.25. The van der Waals surface area contributed by atoms with Crippen LogP contribution in [-0.4, -0.2) is 28.5 Å². The van der Waals surface area contributed by atoms with Crippen molar-refractivity contribution in [1.82, 2.24) is 9.97 Å². The molecular weight excluding hydrogens is 350 g/mol. The zero-order chi connectivity index (χ0) is 18.8. The smallest absolute Gasteiger partial charge is 0.350 e. The van der Waals surface area contributed by atoms with Gasteiger partial charge in [0.2, 0.25) is 0 Å². The first kappa shape index (κ1) is 18.0. The Hall–Kier alpha value is -2.80. The molecule has 0 unspecified atom stereocenters. The molecule has 0 fully saturated rings. The molecule has 3 aromatic rings. The summed E-state index contributed by atoms with van der Waals surface area (Å²) in [5.74, 6) is -0.732. The van der Waals surface area contributed by atoms with Crippen molar-refractivity contribution in [2.24, 2.45) is 0 Å². The van der Waals surface area contributed by atoms with Crippen LogP contribution in [0.25, 0.3) is 10.9 Å². The highest BCUT2D eigenvalue weighted by molar-refractivity contribution is 7.17. The number of hydrogen-bond donors (Lipinski definition) is 1. The number of esters is 1. The Bertz CT molecular complexity index is 1010. The van der Waals surface area contributed by atoms with Crippen LogP contribution in [0.15, 0.2) is 24.3 Å². The van der Waals surface area contributed by atoms with Gasteiger partial charge in [-0.2, -0.15) is 0 Å². The normalized spacial score (nSPS) is 10.8. The Morgan fingerprint density at radius 2 is 1.88 bits per heavy atom. The Labute approximate surface area is 155 Å². The number of anilines is 1. The molecule has 6 nitrogen and oxygen atoms in total. The van der Waals surface area contributed by atoms with E-state index in [-0.39, 0.29) is 5.91 Å². The van der Waals surface area contributed by atoms with E-state index in [1.54, 1.807) is 20.8 Å². The number of nitrogens with zero attached hydrogens (tertiary/aromatic N) is 2. The SMILES string of the molecule is CCOC(=O)c1sc(NC(=O)c2cc3cc(C)ccc3nc2C)nc1C. The first-order chi connectivity index (χ1) is 12.4. The van der Waals surface area contributed by atoms with E-state index >= 15 is 0 Å². The molecule has 0 aliphatic carbocycles. The number of carbonyl (C=O) groups is 2. The number of fused-ring (bicyclic) bond motifs is 1. The highest BCUT2D eigenvalue weighted by atomic mass is 32.1. The summed E-state index contributed by atoms with van der Waals surface area (Å²) in [4.78, 5) is 33.7. The van der Waals surface area contributed by atoms with Crippen molar-refractivity contribution in [2.45, 2.75) is 27.7 Å². The van der Waals surface area contributed by atoms with Crippen molar-refractivity contribution in [3.8, 4) is 0 Å². The van der Waals surface area contributed by atoms with Crippen LogP contribution in [0, 0.1) is 20.8 Å². The first-order valence-corrected chi connectivity index (χ1v) is 9.04. The summed E-state index contributed by atoms with van der Waals surface area (Å²) < 4.78 is 5.00. The third-order valence-electron chi connectivity index (χ3n) is 3.88. The Kier molecular flexibility index (Phi) is 4.99. The van der Waals surface area contributed by atoms with E-state index < -0.39 is 5.97 Å². The largest absolute Gasteiger partial charge is 0.462 e. The van der Waals surface area contributed by atoms with Crippen LogP contribution in [0.4, 0.5) is 5.13 Å². The quantitative estimate of drug-likeness (QED) is 0.702. The van der Waals surface area contributed by atoms with Crippen LogP contribution < -0.4 is 5.32 Å². The zero-order valence-electron chi connectivity index (χ0n) is 15.0. The van der Waals surface area contributed by atoms with E-state index in [2.05, 4.69) is 15.3 Å². The predicted octanol–water partition coefficient (Wildman–Crippen LogP) is 4.05. The molecule has 0 bridgehead atoms. The van der Waals surface area contributed by atoms with Gasteiger partial charge in [-0.05, 0) is 45.9 Å². The highest BCUT2D eigenvalue weighted by Gasteiger charge is 2.19. The lowest BCUT2D eigenvalue weighted by atomic mass is 10.1. The van der Waals surface area contributed by atoms with E-state index in [0.717, 1.165) is 27.8 Å². The van der Waals surface area contributed by atoms with Gasteiger partial charge < -0.3 is 4.74 Å². The van der Waals surface area contributed by atoms with Crippen molar-refractivity contribution in [2.75, 3.05) is 11.9 Å². The van der Waals surface area contributed by atoms with Crippen molar-refractivity contribution in [1.29, 1.82) is 0 Å². The van der Waals surface area contributed by atoms with Crippen molar-refractivity contribution < 1.29 is 14.3 Å². The van der Waals surface area contributed by atoms with Gasteiger partial charge in [-0.3, -0.25) is 15.1 Å². The number of rotatable bonds is 4. The molecule has 0 aliphatic rings. The zero-order valence-corrected chi connectivity index (χ0v) is 15.9.